The Labute approximate surface area is 115 Å². The van der Waals surface area contributed by atoms with E-state index in [2.05, 4.69) is 54.5 Å². The summed E-state index contributed by atoms with van der Waals surface area (Å²) < 4.78 is 0. The highest BCUT2D eigenvalue weighted by Crippen LogP contribution is 2.34. The van der Waals surface area contributed by atoms with E-state index in [1.54, 1.807) is 0 Å². The predicted molar refractivity (Wildman–Crippen MR) is 80.1 cm³/mol. The van der Waals surface area contributed by atoms with Crippen molar-refractivity contribution in [1.82, 2.24) is 10.3 Å². The fourth-order valence-electron chi connectivity index (χ4n) is 2.97. The van der Waals surface area contributed by atoms with Crippen LogP contribution < -0.4 is 5.32 Å². The minimum absolute atomic E-state index is 0.743. The quantitative estimate of drug-likeness (QED) is 0.877. The first-order valence-electron chi connectivity index (χ1n) is 7.36. The normalized spacial score (nSPS) is 21.8. The van der Waals surface area contributed by atoms with Crippen molar-refractivity contribution in [3.63, 3.8) is 0 Å². The maximum absolute atomic E-state index is 4.60. The first-order valence-corrected chi connectivity index (χ1v) is 7.36. The molecule has 0 bridgehead atoms. The zero-order valence-electron chi connectivity index (χ0n) is 11.8. The number of aromatic nitrogens is 1. The minimum Gasteiger partial charge on any atom is -0.310 e. The van der Waals surface area contributed by atoms with E-state index in [-0.39, 0.29) is 0 Å². The van der Waals surface area contributed by atoms with Crippen LogP contribution in [0.2, 0.25) is 0 Å². The SMILES string of the molecule is CCCC1CC1NCc1cc(C)nc2ccccc12. The molecule has 0 radical (unpaired) electrons. The maximum Gasteiger partial charge on any atom is 0.0708 e. The average Bonchev–Trinajstić information content (AvgIpc) is 3.14. The summed E-state index contributed by atoms with van der Waals surface area (Å²) >= 11 is 0. The lowest BCUT2D eigenvalue weighted by Gasteiger charge is -2.09. The lowest BCUT2D eigenvalue weighted by molar-refractivity contribution is 0.600. The van der Waals surface area contributed by atoms with Crippen molar-refractivity contribution in [3.8, 4) is 0 Å². The molecule has 0 saturated heterocycles. The zero-order valence-corrected chi connectivity index (χ0v) is 11.8. The second kappa shape index (κ2) is 5.30. The number of fused-ring (bicyclic) bond motifs is 1. The third kappa shape index (κ3) is 2.79. The van der Waals surface area contributed by atoms with E-state index in [0.29, 0.717) is 0 Å². The van der Waals surface area contributed by atoms with Crippen LogP contribution in [-0.2, 0) is 6.54 Å². The Bertz CT molecular complexity index is 576. The lowest BCUT2D eigenvalue weighted by atomic mass is 10.1. The molecule has 0 amide bonds. The van der Waals surface area contributed by atoms with Gasteiger partial charge in [0.2, 0.25) is 0 Å². The number of rotatable bonds is 5. The second-order valence-corrected chi connectivity index (χ2v) is 5.71. The van der Waals surface area contributed by atoms with E-state index in [0.717, 1.165) is 29.7 Å². The Hall–Kier alpha value is -1.41. The van der Waals surface area contributed by atoms with Crippen molar-refractivity contribution in [2.45, 2.75) is 45.7 Å². The monoisotopic (exact) mass is 254 g/mol. The Morgan fingerprint density at radius 2 is 2.16 bits per heavy atom. The molecule has 1 aliphatic rings. The molecule has 0 aliphatic heterocycles. The van der Waals surface area contributed by atoms with Crippen LogP contribution in [0, 0.1) is 12.8 Å². The highest BCUT2D eigenvalue weighted by molar-refractivity contribution is 5.82. The van der Waals surface area contributed by atoms with Crippen LogP contribution in [0.1, 0.15) is 37.4 Å². The summed E-state index contributed by atoms with van der Waals surface area (Å²) in [6, 6.07) is 11.4. The van der Waals surface area contributed by atoms with Crippen LogP contribution in [-0.4, -0.2) is 11.0 Å². The highest BCUT2D eigenvalue weighted by atomic mass is 15.0. The fraction of sp³-hybridized carbons (Fsp3) is 0.471. The Morgan fingerprint density at radius 1 is 1.32 bits per heavy atom. The Balaban J connectivity index is 1.74. The van der Waals surface area contributed by atoms with Gasteiger partial charge in [-0.25, -0.2) is 0 Å². The number of pyridine rings is 1. The van der Waals surface area contributed by atoms with Gasteiger partial charge in [0.1, 0.15) is 0 Å². The third-order valence-corrected chi connectivity index (χ3v) is 4.07. The summed E-state index contributed by atoms with van der Waals surface area (Å²) in [7, 11) is 0. The molecule has 2 nitrogen and oxygen atoms in total. The minimum atomic E-state index is 0.743. The molecule has 3 rings (SSSR count). The molecule has 1 aliphatic carbocycles. The smallest absolute Gasteiger partial charge is 0.0708 e. The zero-order chi connectivity index (χ0) is 13.2. The summed E-state index contributed by atoms with van der Waals surface area (Å²) in [5.41, 5.74) is 3.60. The van der Waals surface area contributed by atoms with Gasteiger partial charge in [0.25, 0.3) is 0 Å². The molecule has 2 aromatic rings. The molecule has 19 heavy (non-hydrogen) atoms. The summed E-state index contributed by atoms with van der Waals surface area (Å²) in [5.74, 6) is 0.916. The van der Waals surface area contributed by atoms with E-state index in [1.165, 1.54) is 30.2 Å². The largest absolute Gasteiger partial charge is 0.310 e. The summed E-state index contributed by atoms with van der Waals surface area (Å²) in [6.45, 7) is 5.32. The van der Waals surface area contributed by atoms with Gasteiger partial charge in [0.15, 0.2) is 0 Å². The van der Waals surface area contributed by atoms with Gasteiger partial charge in [-0.2, -0.15) is 0 Å². The molecule has 1 saturated carbocycles. The van der Waals surface area contributed by atoms with E-state index in [4.69, 9.17) is 0 Å². The van der Waals surface area contributed by atoms with Crippen LogP contribution >= 0.6 is 0 Å². The molecule has 1 aromatic carbocycles. The topological polar surface area (TPSA) is 24.9 Å². The van der Waals surface area contributed by atoms with Gasteiger partial charge in [-0.3, -0.25) is 4.98 Å². The van der Waals surface area contributed by atoms with Gasteiger partial charge >= 0.3 is 0 Å². The standard InChI is InChI=1S/C17H22N2/c1-3-6-13-10-17(13)18-11-14-9-12(2)19-16-8-5-4-7-15(14)16/h4-5,7-9,13,17-18H,3,6,10-11H2,1-2H3. The number of nitrogens with zero attached hydrogens (tertiary/aromatic N) is 1. The van der Waals surface area contributed by atoms with Crippen molar-refractivity contribution in [1.29, 1.82) is 0 Å². The first-order chi connectivity index (χ1) is 9.28. The van der Waals surface area contributed by atoms with Crippen LogP contribution in [0.3, 0.4) is 0 Å². The number of hydrogen-bond acceptors (Lipinski definition) is 2. The molecule has 0 spiro atoms. The van der Waals surface area contributed by atoms with Crippen molar-refractivity contribution in [3.05, 3.63) is 41.6 Å². The van der Waals surface area contributed by atoms with Crippen molar-refractivity contribution in [2.24, 2.45) is 5.92 Å². The van der Waals surface area contributed by atoms with Gasteiger partial charge in [0.05, 0.1) is 5.52 Å². The van der Waals surface area contributed by atoms with Crippen LogP contribution in [0.5, 0.6) is 0 Å². The van der Waals surface area contributed by atoms with Crippen LogP contribution in [0.4, 0.5) is 0 Å². The summed E-state index contributed by atoms with van der Waals surface area (Å²) in [6.07, 6.45) is 4.03. The number of nitrogens with one attached hydrogen (secondary N) is 1. The van der Waals surface area contributed by atoms with Crippen LogP contribution in [0.25, 0.3) is 10.9 Å². The number of hydrogen-bond donors (Lipinski definition) is 1. The Morgan fingerprint density at radius 3 is 3.00 bits per heavy atom. The molecule has 100 valence electrons. The fourth-order valence-corrected chi connectivity index (χ4v) is 2.97. The number of benzene rings is 1. The van der Waals surface area contributed by atoms with Crippen molar-refractivity contribution >= 4 is 10.9 Å². The van der Waals surface area contributed by atoms with Crippen molar-refractivity contribution < 1.29 is 0 Å². The molecule has 2 atom stereocenters. The molecule has 1 fully saturated rings. The molecule has 2 unspecified atom stereocenters. The Kier molecular flexibility index (Phi) is 3.52. The molecule has 1 heterocycles. The van der Waals surface area contributed by atoms with E-state index >= 15 is 0 Å². The average molecular weight is 254 g/mol. The predicted octanol–water partition coefficient (Wildman–Crippen LogP) is 3.82. The highest BCUT2D eigenvalue weighted by Gasteiger charge is 2.35. The van der Waals surface area contributed by atoms with E-state index < -0.39 is 0 Å². The second-order valence-electron chi connectivity index (χ2n) is 5.71. The van der Waals surface area contributed by atoms with Gasteiger partial charge in [-0.05, 0) is 43.4 Å². The lowest BCUT2D eigenvalue weighted by Crippen LogP contribution is -2.18. The summed E-state index contributed by atoms with van der Waals surface area (Å²) in [4.78, 5) is 4.60. The third-order valence-electron chi connectivity index (χ3n) is 4.07. The molecular formula is C17H22N2. The van der Waals surface area contributed by atoms with Crippen LogP contribution in [0.15, 0.2) is 30.3 Å². The molecule has 2 heteroatoms. The number of aryl methyl sites for hydroxylation is 1. The van der Waals surface area contributed by atoms with Crippen molar-refractivity contribution in [2.75, 3.05) is 0 Å². The van der Waals surface area contributed by atoms with E-state index in [9.17, 15) is 0 Å². The van der Waals surface area contributed by atoms with Gasteiger partial charge in [-0.15, -0.1) is 0 Å². The van der Waals surface area contributed by atoms with E-state index in [1.807, 2.05) is 0 Å². The van der Waals surface area contributed by atoms with Gasteiger partial charge in [-0.1, -0.05) is 31.5 Å². The van der Waals surface area contributed by atoms with Gasteiger partial charge in [0, 0.05) is 23.7 Å². The summed E-state index contributed by atoms with van der Waals surface area (Å²) in [5, 5.41) is 4.98. The molecular weight excluding hydrogens is 232 g/mol. The molecule has 1 N–H and O–H groups in total. The molecule has 1 aromatic heterocycles. The van der Waals surface area contributed by atoms with Gasteiger partial charge < -0.3 is 5.32 Å². The maximum atomic E-state index is 4.60. The first kappa shape index (κ1) is 12.6. The number of para-hydroxylation sites is 1.